The molecule has 0 aliphatic carbocycles. The van der Waals surface area contributed by atoms with Gasteiger partial charge in [-0.25, -0.2) is 14.8 Å². The summed E-state index contributed by atoms with van der Waals surface area (Å²) in [6, 6.07) is 15.1. The summed E-state index contributed by atoms with van der Waals surface area (Å²) in [6.07, 6.45) is 6.19. The number of hydrogen-bond acceptors (Lipinski definition) is 5. The van der Waals surface area contributed by atoms with Gasteiger partial charge in [0.05, 0.1) is 30.3 Å². The van der Waals surface area contributed by atoms with Crippen LogP contribution in [0.15, 0.2) is 60.9 Å². The zero-order chi connectivity index (χ0) is 19.8. The second-order valence-electron chi connectivity index (χ2n) is 6.45. The van der Waals surface area contributed by atoms with E-state index in [0.29, 0.717) is 12.2 Å². The van der Waals surface area contributed by atoms with Crippen LogP contribution in [0, 0.1) is 0 Å². The van der Waals surface area contributed by atoms with Crippen LogP contribution in [0.2, 0.25) is 0 Å². The normalized spacial score (nSPS) is 10.5. The van der Waals surface area contributed by atoms with Gasteiger partial charge in [-0.3, -0.25) is 0 Å². The Kier molecular flexibility index (Phi) is 6.73. The lowest BCUT2D eigenvalue weighted by Gasteiger charge is -2.07. The standard InChI is InChI=1S/C23H24N2O3/c1-3-5-17-6-8-18(9-7-17)21-15-25-22(16-24-21)28-23(26)19-10-12-20(13-11-19)27-14-4-2/h6-13,15-16H,3-5,14H2,1-2H3. The summed E-state index contributed by atoms with van der Waals surface area (Å²) in [6.45, 7) is 4.85. The van der Waals surface area contributed by atoms with Gasteiger partial charge in [-0.15, -0.1) is 0 Å². The zero-order valence-corrected chi connectivity index (χ0v) is 16.2. The maximum Gasteiger partial charge on any atom is 0.344 e. The smallest absolute Gasteiger partial charge is 0.344 e. The first-order valence-electron chi connectivity index (χ1n) is 9.56. The second kappa shape index (κ2) is 9.65. The van der Waals surface area contributed by atoms with E-state index in [1.165, 1.54) is 11.8 Å². The lowest BCUT2D eigenvalue weighted by Crippen LogP contribution is -2.09. The van der Waals surface area contributed by atoms with E-state index in [-0.39, 0.29) is 5.88 Å². The Hall–Kier alpha value is -3.21. The van der Waals surface area contributed by atoms with Gasteiger partial charge in [-0.05, 0) is 42.7 Å². The first-order valence-corrected chi connectivity index (χ1v) is 9.56. The van der Waals surface area contributed by atoms with Crippen molar-refractivity contribution in [3.05, 3.63) is 72.1 Å². The maximum absolute atomic E-state index is 12.3. The molecule has 0 fully saturated rings. The number of esters is 1. The highest BCUT2D eigenvalue weighted by molar-refractivity contribution is 5.90. The van der Waals surface area contributed by atoms with Gasteiger partial charge in [-0.2, -0.15) is 0 Å². The predicted octanol–water partition coefficient (Wildman–Crippen LogP) is 5.10. The lowest BCUT2D eigenvalue weighted by atomic mass is 10.1. The molecule has 3 aromatic rings. The van der Waals surface area contributed by atoms with E-state index in [2.05, 4.69) is 29.0 Å². The topological polar surface area (TPSA) is 61.3 Å². The summed E-state index contributed by atoms with van der Waals surface area (Å²) in [5.74, 6) is 0.420. The highest BCUT2D eigenvalue weighted by atomic mass is 16.5. The number of carbonyl (C=O) groups is 1. The Morgan fingerprint density at radius 1 is 0.893 bits per heavy atom. The molecule has 0 unspecified atom stereocenters. The first-order chi connectivity index (χ1) is 13.7. The molecule has 5 nitrogen and oxygen atoms in total. The third-order valence-corrected chi connectivity index (χ3v) is 4.18. The van der Waals surface area contributed by atoms with Gasteiger partial charge in [0.1, 0.15) is 5.75 Å². The molecule has 0 aliphatic rings. The Labute approximate surface area is 165 Å². The van der Waals surface area contributed by atoms with Crippen LogP contribution in [0.3, 0.4) is 0 Å². The van der Waals surface area contributed by atoms with Crippen LogP contribution >= 0.6 is 0 Å². The second-order valence-corrected chi connectivity index (χ2v) is 6.45. The molecule has 1 heterocycles. The van der Waals surface area contributed by atoms with Crippen molar-refractivity contribution in [3.63, 3.8) is 0 Å². The van der Waals surface area contributed by atoms with Gasteiger partial charge in [0.15, 0.2) is 0 Å². The molecule has 144 valence electrons. The van der Waals surface area contributed by atoms with Crippen LogP contribution in [-0.2, 0) is 6.42 Å². The van der Waals surface area contributed by atoms with Crippen LogP contribution in [0.5, 0.6) is 11.6 Å². The number of carbonyl (C=O) groups excluding carboxylic acids is 1. The van der Waals surface area contributed by atoms with E-state index in [1.807, 2.05) is 19.1 Å². The average Bonchev–Trinajstić information content (AvgIpc) is 2.74. The summed E-state index contributed by atoms with van der Waals surface area (Å²) in [7, 11) is 0. The van der Waals surface area contributed by atoms with Gasteiger partial charge in [0, 0.05) is 5.56 Å². The number of ether oxygens (including phenoxy) is 2. The maximum atomic E-state index is 12.3. The minimum atomic E-state index is -0.479. The first kappa shape index (κ1) is 19.5. The third kappa shape index (κ3) is 5.16. The molecule has 28 heavy (non-hydrogen) atoms. The molecule has 1 aromatic heterocycles. The number of aromatic nitrogens is 2. The zero-order valence-electron chi connectivity index (χ0n) is 16.2. The van der Waals surface area contributed by atoms with Gasteiger partial charge in [0.2, 0.25) is 5.88 Å². The van der Waals surface area contributed by atoms with Gasteiger partial charge in [-0.1, -0.05) is 44.5 Å². The molecule has 2 aromatic carbocycles. The van der Waals surface area contributed by atoms with E-state index in [0.717, 1.165) is 36.3 Å². The van der Waals surface area contributed by atoms with Crippen LogP contribution in [-0.4, -0.2) is 22.5 Å². The summed E-state index contributed by atoms with van der Waals surface area (Å²) >= 11 is 0. The number of benzene rings is 2. The summed E-state index contributed by atoms with van der Waals surface area (Å²) in [5.41, 5.74) is 3.45. The quantitative estimate of drug-likeness (QED) is 0.512. The lowest BCUT2D eigenvalue weighted by molar-refractivity contribution is 0.0727. The van der Waals surface area contributed by atoms with Crippen molar-refractivity contribution in [2.75, 3.05) is 6.61 Å². The molecule has 0 bridgehead atoms. The molecule has 0 amide bonds. The molecule has 0 spiro atoms. The SMILES string of the molecule is CCCOc1ccc(C(=O)Oc2cnc(-c3ccc(CCC)cc3)cn2)cc1. The van der Waals surface area contributed by atoms with Crippen molar-refractivity contribution in [1.82, 2.24) is 9.97 Å². The summed E-state index contributed by atoms with van der Waals surface area (Å²) in [5, 5.41) is 0. The van der Waals surface area contributed by atoms with E-state index in [1.54, 1.807) is 30.5 Å². The van der Waals surface area contributed by atoms with E-state index >= 15 is 0 Å². The van der Waals surface area contributed by atoms with Crippen LogP contribution < -0.4 is 9.47 Å². The van der Waals surface area contributed by atoms with E-state index < -0.39 is 5.97 Å². The predicted molar refractivity (Wildman–Crippen MR) is 109 cm³/mol. The van der Waals surface area contributed by atoms with Crippen molar-refractivity contribution in [2.24, 2.45) is 0 Å². The number of rotatable bonds is 8. The highest BCUT2D eigenvalue weighted by Crippen LogP contribution is 2.19. The number of hydrogen-bond donors (Lipinski definition) is 0. The molecule has 0 saturated heterocycles. The molecular weight excluding hydrogens is 352 g/mol. The van der Waals surface area contributed by atoms with Gasteiger partial charge >= 0.3 is 5.97 Å². The number of aryl methyl sites for hydroxylation is 1. The molecule has 0 atom stereocenters. The van der Waals surface area contributed by atoms with Crippen molar-refractivity contribution in [2.45, 2.75) is 33.1 Å². The molecule has 0 N–H and O–H groups in total. The Balaban J connectivity index is 1.62. The average molecular weight is 376 g/mol. The Morgan fingerprint density at radius 2 is 1.64 bits per heavy atom. The molecule has 0 saturated carbocycles. The van der Waals surface area contributed by atoms with E-state index in [4.69, 9.17) is 9.47 Å². The minimum Gasteiger partial charge on any atom is -0.494 e. The number of nitrogens with zero attached hydrogens (tertiary/aromatic N) is 2. The van der Waals surface area contributed by atoms with Crippen LogP contribution in [0.4, 0.5) is 0 Å². The fourth-order valence-electron chi connectivity index (χ4n) is 2.71. The van der Waals surface area contributed by atoms with Gasteiger partial charge < -0.3 is 9.47 Å². The Bertz CT molecular complexity index is 889. The van der Waals surface area contributed by atoms with Crippen molar-refractivity contribution >= 4 is 5.97 Å². The molecule has 3 rings (SSSR count). The van der Waals surface area contributed by atoms with Crippen LogP contribution in [0.1, 0.15) is 42.6 Å². The summed E-state index contributed by atoms with van der Waals surface area (Å²) in [4.78, 5) is 20.8. The largest absolute Gasteiger partial charge is 0.494 e. The minimum absolute atomic E-state index is 0.169. The molecule has 0 aliphatic heterocycles. The van der Waals surface area contributed by atoms with Crippen LogP contribution in [0.25, 0.3) is 11.3 Å². The van der Waals surface area contributed by atoms with Crippen molar-refractivity contribution < 1.29 is 14.3 Å². The van der Waals surface area contributed by atoms with E-state index in [9.17, 15) is 4.79 Å². The third-order valence-electron chi connectivity index (χ3n) is 4.18. The fourth-order valence-corrected chi connectivity index (χ4v) is 2.71. The monoisotopic (exact) mass is 376 g/mol. The fraction of sp³-hybridized carbons (Fsp3) is 0.261. The highest BCUT2D eigenvalue weighted by Gasteiger charge is 2.10. The van der Waals surface area contributed by atoms with Crippen molar-refractivity contribution in [3.8, 4) is 22.9 Å². The van der Waals surface area contributed by atoms with Crippen molar-refractivity contribution in [1.29, 1.82) is 0 Å². The van der Waals surface area contributed by atoms with Gasteiger partial charge in [0.25, 0.3) is 0 Å². The molecule has 0 radical (unpaired) electrons. The molecular formula is C23H24N2O3. The summed E-state index contributed by atoms with van der Waals surface area (Å²) < 4.78 is 10.8. The Morgan fingerprint density at radius 3 is 2.25 bits per heavy atom. The molecule has 5 heteroatoms.